The number of nitrogens with one attached hydrogen (secondary N) is 1. The van der Waals surface area contributed by atoms with Crippen LogP contribution in [0.5, 0.6) is 0 Å². The molecule has 0 radical (unpaired) electrons. The summed E-state index contributed by atoms with van der Waals surface area (Å²) in [5, 5.41) is 13.3. The predicted molar refractivity (Wildman–Crippen MR) is 68.5 cm³/mol. The largest absolute Gasteiger partial charge is 0.387 e. The first kappa shape index (κ1) is 13.2. The van der Waals surface area contributed by atoms with Crippen molar-refractivity contribution in [3.05, 3.63) is 35.4 Å². The van der Waals surface area contributed by atoms with Gasteiger partial charge in [0.15, 0.2) is 0 Å². The van der Waals surface area contributed by atoms with Gasteiger partial charge in [-0.15, -0.1) is 0 Å². The summed E-state index contributed by atoms with van der Waals surface area (Å²) >= 11 is 0. The van der Waals surface area contributed by atoms with Gasteiger partial charge in [-0.1, -0.05) is 38.1 Å². The van der Waals surface area contributed by atoms with Crippen molar-refractivity contribution < 1.29 is 5.11 Å². The Morgan fingerprint density at radius 1 is 1.25 bits per heavy atom. The van der Waals surface area contributed by atoms with E-state index < -0.39 is 6.10 Å². The molecule has 2 N–H and O–H groups in total. The molecule has 1 atom stereocenters. The van der Waals surface area contributed by atoms with Gasteiger partial charge in [0.2, 0.25) is 0 Å². The van der Waals surface area contributed by atoms with Gasteiger partial charge in [-0.2, -0.15) is 0 Å². The van der Waals surface area contributed by atoms with Gasteiger partial charge in [-0.05, 0) is 36.9 Å². The Kier molecular flexibility index (Phi) is 5.50. The third-order valence-corrected chi connectivity index (χ3v) is 2.78. The van der Waals surface area contributed by atoms with Crippen molar-refractivity contribution in [1.29, 1.82) is 0 Å². The van der Waals surface area contributed by atoms with Crippen LogP contribution in [0.1, 0.15) is 37.5 Å². The fourth-order valence-corrected chi connectivity index (χ4v) is 1.70. The second kappa shape index (κ2) is 6.66. The van der Waals surface area contributed by atoms with E-state index in [2.05, 4.69) is 19.2 Å². The lowest BCUT2D eigenvalue weighted by Gasteiger charge is -2.15. The van der Waals surface area contributed by atoms with Crippen LogP contribution in [0, 0.1) is 12.8 Å². The Bertz CT molecular complexity index is 309. The highest BCUT2D eigenvalue weighted by atomic mass is 16.3. The molecular weight excluding hydrogens is 198 g/mol. The topological polar surface area (TPSA) is 32.3 Å². The number of hydrogen-bond acceptors (Lipinski definition) is 2. The van der Waals surface area contributed by atoms with E-state index in [4.69, 9.17) is 0 Å². The van der Waals surface area contributed by atoms with Crippen molar-refractivity contribution in [2.45, 2.75) is 33.3 Å². The normalized spacial score (nSPS) is 13.1. The summed E-state index contributed by atoms with van der Waals surface area (Å²) < 4.78 is 0. The van der Waals surface area contributed by atoms with Crippen LogP contribution < -0.4 is 5.32 Å². The van der Waals surface area contributed by atoms with Crippen molar-refractivity contribution in [3.8, 4) is 0 Å². The molecule has 2 heteroatoms. The zero-order valence-electron chi connectivity index (χ0n) is 10.5. The maximum Gasteiger partial charge on any atom is 0.0916 e. The predicted octanol–water partition coefficient (Wildman–Crippen LogP) is 2.66. The van der Waals surface area contributed by atoms with Crippen LogP contribution in [-0.4, -0.2) is 18.2 Å². The SMILES string of the molecule is Cc1ccccc1C(O)CNCCC(C)C. The fraction of sp³-hybridized carbons (Fsp3) is 0.571. The number of aliphatic hydroxyl groups excluding tert-OH is 1. The van der Waals surface area contributed by atoms with Gasteiger partial charge in [0.05, 0.1) is 6.10 Å². The van der Waals surface area contributed by atoms with Crippen LogP contribution in [0.15, 0.2) is 24.3 Å². The van der Waals surface area contributed by atoms with Crippen LogP contribution in [0.3, 0.4) is 0 Å². The van der Waals surface area contributed by atoms with Crippen LogP contribution in [0.2, 0.25) is 0 Å². The van der Waals surface area contributed by atoms with E-state index in [-0.39, 0.29) is 0 Å². The molecule has 1 aromatic rings. The third-order valence-electron chi connectivity index (χ3n) is 2.78. The maximum absolute atomic E-state index is 10.0. The molecule has 0 bridgehead atoms. The van der Waals surface area contributed by atoms with E-state index in [0.29, 0.717) is 12.5 Å². The number of aliphatic hydroxyl groups is 1. The maximum atomic E-state index is 10.0. The minimum atomic E-state index is -0.395. The molecule has 0 fully saturated rings. The summed E-state index contributed by atoms with van der Waals surface area (Å²) in [6, 6.07) is 7.99. The molecule has 0 spiro atoms. The minimum absolute atomic E-state index is 0.395. The van der Waals surface area contributed by atoms with Crippen LogP contribution in [-0.2, 0) is 0 Å². The van der Waals surface area contributed by atoms with E-state index in [0.717, 1.165) is 24.1 Å². The van der Waals surface area contributed by atoms with Crippen molar-refractivity contribution in [1.82, 2.24) is 5.32 Å². The summed E-state index contributed by atoms with van der Waals surface area (Å²) in [6.45, 7) is 8.06. The van der Waals surface area contributed by atoms with Gasteiger partial charge >= 0.3 is 0 Å². The summed E-state index contributed by atoms with van der Waals surface area (Å²) in [4.78, 5) is 0. The lowest BCUT2D eigenvalue weighted by atomic mass is 10.0. The Balaban J connectivity index is 2.35. The molecule has 1 aromatic carbocycles. The van der Waals surface area contributed by atoms with Gasteiger partial charge in [-0.3, -0.25) is 0 Å². The van der Waals surface area contributed by atoms with E-state index in [1.165, 1.54) is 0 Å². The average Bonchev–Trinajstić information content (AvgIpc) is 2.24. The fourth-order valence-electron chi connectivity index (χ4n) is 1.70. The first-order valence-corrected chi connectivity index (χ1v) is 6.05. The number of benzene rings is 1. The molecule has 1 rings (SSSR count). The third kappa shape index (κ3) is 4.33. The van der Waals surface area contributed by atoms with Crippen LogP contribution >= 0.6 is 0 Å². The second-order valence-corrected chi connectivity index (χ2v) is 4.76. The first-order valence-electron chi connectivity index (χ1n) is 6.05. The number of hydrogen-bond donors (Lipinski definition) is 2. The van der Waals surface area contributed by atoms with Crippen LogP contribution in [0.25, 0.3) is 0 Å². The number of rotatable bonds is 6. The molecule has 0 amide bonds. The summed E-state index contributed by atoms with van der Waals surface area (Å²) in [7, 11) is 0. The average molecular weight is 221 g/mol. The minimum Gasteiger partial charge on any atom is -0.387 e. The monoisotopic (exact) mass is 221 g/mol. The molecule has 0 heterocycles. The van der Waals surface area contributed by atoms with Gasteiger partial charge in [0.25, 0.3) is 0 Å². The summed E-state index contributed by atoms with van der Waals surface area (Å²) in [6.07, 6.45) is 0.758. The Morgan fingerprint density at radius 2 is 1.94 bits per heavy atom. The summed E-state index contributed by atoms with van der Waals surface area (Å²) in [5.74, 6) is 0.711. The quantitative estimate of drug-likeness (QED) is 0.724. The van der Waals surface area contributed by atoms with E-state index >= 15 is 0 Å². The van der Waals surface area contributed by atoms with E-state index in [1.807, 2.05) is 31.2 Å². The van der Waals surface area contributed by atoms with E-state index in [9.17, 15) is 5.11 Å². The molecule has 0 aliphatic heterocycles. The summed E-state index contributed by atoms with van der Waals surface area (Å²) in [5.41, 5.74) is 2.18. The van der Waals surface area contributed by atoms with Crippen molar-refractivity contribution in [3.63, 3.8) is 0 Å². The zero-order chi connectivity index (χ0) is 12.0. The second-order valence-electron chi connectivity index (χ2n) is 4.76. The molecule has 0 aromatic heterocycles. The van der Waals surface area contributed by atoms with Crippen molar-refractivity contribution in [2.24, 2.45) is 5.92 Å². The smallest absolute Gasteiger partial charge is 0.0916 e. The highest BCUT2D eigenvalue weighted by molar-refractivity contribution is 5.27. The standard InChI is InChI=1S/C14H23NO/c1-11(2)8-9-15-10-14(16)13-7-5-4-6-12(13)3/h4-7,11,14-16H,8-10H2,1-3H3. The Labute approximate surface area is 98.7 Å². The molecule has 2 nitrogen and oxygen atoms in total. The molecule has 16 heavy (non-hydrogen) atoms. The van der Waals surface area contributed by atoms with Gasteiger partial charge in [-0.25, -0.2) is 0 Å². The lowest BCUT2D eigenvalue weighted by molar-refractivity contribution is 0.173. The van der Waals surface area contributed by atoms with Crippen LogP contribution in [0.4, 0.5) is 0 Å². The first-order chi connectivity index (χ1) is 7.61. The van der Waals surface area contributed by atoms with Crippen molar-refractivity contribution >= 4 is 0 Å². The Hall–Kier alpha value is -0.860. The molecule has 0 aliphatic carbocycles. The molecule has 0 saturated heterocycles. The van der Waals surface area contributed by atoms with E-state index in [1.54, 1.807) is 0 Å². The molecule has 0 saturated carbocycles. The zero-order valence-corrected chi connectivity index (χ0v) is 10.5. The van der Waals surface area contributed by atoms with Gasteiger partial charge in [0, 0.05) is 6.54 Å². The molecule has 0 aliphatic rings. The van der Waals surface area contributed by atoms with Crippen molar-refractivity contribution in [2.75, 3.05) is 13.1 Å². The molecule has 90 valence electrons. The van der Waals surface area contributed by atoms with Gasteiger partial charge < -0.3 is 10.4 Å². The number of aryl methyl sites for hydroxylation is 1. The lowest BCUT2D eigenvalue weighted by Crippen LogP contribution is -2.23. The van der Waals surface area contributed by atoms with Gasteiger partial charge in [0.1, 0.15) is 0 Å². The highest BCUT2D eigenvalue weighted by Crippen LogP contribution is 2.16. The Morgan fingerprint density at radius 3 is 2.56 bits per heavy atom. The highest BCUT2D eigenvalue weighted by Gasteiger charge is 2.08. The molecular formula is C14H23NO. The molecule has 1 unspecified atom stereocenters.